The lowest BCUT2D eigenvalue weighted by atomic mass is 10.1. The summed E-state index contributed by atoms with van der Waals surface area (Å²) < 4.78 is 30.0. The first-order chi connectivity index (χ1) is 13.3. The van der Waals surface area contributed by atoms with E-state index in [-0.39, 0.29) is 17.2 Å². The summed E-state index contributed by atoms with van der Waals surface area (Å²) in [6.45, 7) is 1.93. The highest BCUT2D eigenvalue weighted by atomic mass is 32.2. The minimum absolute atomic E-state index is 0.133. The topological polar surface area (TPSA) is 102 Å². The maximum Gasteiger partial charge on any atom is 0.358 e. The SMILES string of the molecule is CCOC(=O)c1cc(-c2ccc(S(C)(=O)=O)cc2)n(-c2ccc(C#N)cc2)n1. The quantitative estimate of drug-likeness (QED) is 0.616. The Morgan fingerprint density at radius 1 is 1.14 bits per heavy atom. The van der Waals surface area contributed by atoms with E-state index in [9.17, 15) is 13.2 Å². The number of ether oxygens (including phenoxy) is 1. The Bertz CT molecular complexity index is 1160. The summed E-state index contributed by atoms with van der Waals surface area (Å²) in [5.74, 6) is -0.552. The number of esters is 1. The molecule has 0 atom stereocenters. The molecule has 0 spiro atoms. The molecule has 142 valence electrons. The predicted molar refractivity (Wildman–Crippen MR) is 103 cm³/mol. The molecule has 0 saturated carbocycles. The predicted octanol–water partition coefficient (Wildman–Crippen LogP) is 2.99. The van der Waals surface area contributed by atoms with Crippen molar-refractivity contribution in [2.75, 3.05) is 12.9 Å². The van der Waals surface area contributed by atoms with Gasteiger partial charge in [0.1, 0.15) is 0 Å². The maximum absolute atomic E-state index is 12.1. The highest BCUT2D eigenvalue weighted by Crippen LogP contribution is 2.26. The zero-order valence-electron chi connectivity index (χ0n) is 15.3. The summed E-state index contributed by atoms with van der Waals surface area (Å²) in [4.78, 5) is 12.3. The molecular formula is C20H17N3O4S. The van der Waals surface area contributed by atoms with E-state index in [0.717, 1.165) is 6.26 Å². The van der Waals surface area contributed by atoms with Gasteiger partial charge in [-0.25, -0.2) is 17.9 Å². The Hall–Kier alpha value is -3.44. The summed E-state index contributed by atoms with van der Waals surface area (Å²) in [7, 11) is -3.31. The molecule has 0 saturated heterocycles. The van der Waals surface area contributed by atoms with Crippen molar-refractivity contribution < 1.29 is 17.9 Å². The number of aromatic nitrogens is 2. The molecule has 0 unspecified atom stereocenters. The van der Waals surface area contributed by atoms with E-state index < -0.39 is 15.8 Å². The first-order valence-corrected chi connectivity index (χ1v) is 10.3. The first-order valence-electron chi connectivity index (χ1n) is 8.41. The number of nitrogens with zero attached hydrogens (tertiary/aromatic N) is 3. The van der Waals surface area contributed by atoms with E-state index in [1.807, 2.05) is 0 Å². The normalized spacial score (nSPS) is 11.0. The minimum Gasteiger partial charge on any atom is -0.461 e. The van der Waals surface area contributed by atoms with Gasteiger partial charge in [0.2, 0.25) is 0 Å². The van der Waals surface area contributed by atoms with Crippen LogP contribution in [0.25, 0.3) is 16.9 Å². The van der Waals surface area contributed by atoms with Gasteiger partial charge in [-0.2, -0.15) is 10.4 Å². The smallest absolute Gasteiger partial charge is 0.358 e. The van der Waals surface area contributed by atoms with Gasteiger partial charge in [0.05, 0.1) is 34.5 Å². The van der Waals surface area contributed by atoms with Crippen molar-refractivity contribution in [1.29, 1.82) is 5.26 Å². The van der Waals surface area contributed by atoms with Crippen LogP contribution in [0.5, 0.6) is 0 Å². The van der Waals surface area contributed by atoms with Crippen LogP contribution in [-0.4, -0.2) is 37.0 Å². The van der Waals surface area contributed by atoms with Gasteiger partial charge >= 0.3 is 5.97 Å². The lowest BCUT2D eigenvalue weighted by Crippen LogP contribution is -2.06. The number of carbonyl (C=O) groups is 1. The fourth-order valence-electron chi connectivity index (χ4n) is 2.64. The van der Waals surface area contributed by atoms with E-state index in [1.54, 1.807) is 54.1 Å². The highest BCUT2D eigenvalue weighted by molar-refractivity contribution is 7.90. The Balaban J connectivity index is 2.12. The first kappa shape index (κ1) is 19.3. The van der Waals surface area contributed by atoms with Crippen molar-refractivity contribution in [3.8, 4) is 23.0 Å². The largest absolute Gasteiger partial charge is 0.461 e. The summed E-state index contributed by atoms with van der Waals surface area (Å²) in [6.07, 6.45) is 1.14. The van der Waals surface area contributed by atoms with Gasteiger partial charge < -0.3 is 4.74 Å². The molecule has 0 aliphatic rings. The van der Waals surface area contributed by atoms with Gasteiger partial charge in [0.25, 0.3) is 0 Å². The number of carbonyl (C=O) groups excluding carboxylic acids is 1. The lowest BCUT2D eigenvalue weighted by Gasteiger charge is -2.08. The number of benzene rings is 2. The fraction of sp³-hybridized carbons (Fsp3) is 0.150. The van der Waals surface area contributed by atoms with Crippen molar-refractivity contribution in [2.45, 2.75) is 11.8 Å². The molecule has 28 heavy (non-hydrogen) atoms. The van der Waals surface area contributed by atoms with Crippen LogP contribution < -0.4 is 0 Å². The van der Waals surface area contributed by atoms with E-state index in [1.165, 1.54) is 12.1 Å². The molecule has 3 rings (SSSR count). The van der Waals surface area contributed by atoms with Gasteiger partial charge in [-0.1, -0.05) is 12.1 Å². The monoisotopic (exact) mass is 395 g/mol. The second kappa shape index (κ2) is 7.66. The molecule has 0 bridgehead atoms. The van der Waals surface area contributed by atoms with Crippen LogP contribution in [0.15, 0.2) is 59.5 Å². The molecular weight excluding hydrogens is 378 g/mol. The van der Waals surface area contributed by atoms with Crippen molar-refractivity contribution >= 4 is 15.8 Å². The van der Waals surface area contributed by atoms with Gasteiger partial charge in [0, 0.05) is 11.8 Å². The molecule has 0 amide bonds. The molecule has 0 aliphatic heterocycles. The molecule has 8 heteroatoms. The molecule has 0 N–H and O–H groups in total. The maximum atomic E-state index is 12.1. The van der Waals surface area contributed by atoms with Crippen LogP contribution in [0.2, 0.25) is 0 Å². The second-order valence-electron chi connectivity index (χ2n) is 6.00. The molecule has 1 aromatic heterocycles. The van der Waals surface area contributed by atoms with Crippen LogP contribution in [0.1, 0.15) is 23.0 Å². The Morgan fingerprint density at radius 3 is 2.32 bits per heavy atom. The van der Waals surface area contributed by atoms with Gasteiger partial charge in [-0.05, 0) is 49.4 Å². The summed E-state index contributed by atoms with van der Waals surface area (Å²) in [5.41, 5.74) is 2.55. The summed E-state index contributed by atoms with van der Waals surface area (Å²) >= 11 is 0. The van der Waals surface area contributed by atoms with Crippen LogP contribution >= 0.6 is 0 Å². The Morgan fingerprint density at radius 2 is 1.79 bits per heavy atom. The number of hydrogen-bond donors (Lipinski definition) is 0. The standard InChI is InChI=1S/C20H17N3O4S/c1-3-27-20(24)18-12-19(15-6-10-17(11-7-15)28(2,25)26)23(22-18)16-8-4-14(13-21)5-9-16/h4-12H,3H2,1-2H3. The third-order valence-corrected chi connectivity index (χ3v) is 5.14. The third kappa shape index (κ3) is 3.94. The summed E-state index contributed by atoms with van der Waals surface area (Å²) in [6, 6.07) is 16.7. The zero-order valence-corrected chi connectivity index (χ0v) is 16.1. The minimum atomic E-state index is -3.31. The van der Waals surface area contributed by atoms with Crippen molar-refractivity contribution in [3.05, 3.63) is 65.9 Å². The van der Waals surface area contributed by atoms with Crippen LogP contribution in [0.4, 0.5) is 0 Å². The lowest BCUT2D eigenvalue weighted by molar-refractivity contribution is 0.0519. The van der Waals surface area contributed by atoms with Crippen molar-refractivity contribution in [2.24, 2.45) is 0 Å². The van der Waals surface area contributed by atoms with Crippen LogP contribution in [0, 0.1) is 11.3 Å². The molecule has 2 aromatic carbocycles. The molecule has 0 fully saturated rings. The Kier molecular flexibility index (Phi) is 5.29. The van der Waals surface area contributed by atoms with E-state index in [0.29, 0.717) is 22.5 Å². The Labute approximate surface area is 162 Å². The van der Waals surface area contributed by atoms with E-state index in [4.69, 9.17) is 10.00 Å². The molecule has 1 heterocycles. The van der Waals surface area contributed by atoms with E-state index in [2.05, 4.69) is 11.2 Å². The highest BCUT2D eigenvalue weighted by Gasteiger charge is 2.18. The second-order valence-corrected chi connectivity index (χ2v) is 8.02. The number of nitriles is 1. The van der Waals surface area contributed by atoms with Crippen LogP contribution in [-0.2, 0) is 14.6 Å². The van der Waals surface area contributed by atoms with E-state index >= 15 is 0 Å². The number of sulfone groups is 1. The van der Waals surface area contributed by atoms with Gasteiger partial charge in [-0.15, -0.1) is 0 Å². The van der Waals surface area contributed by atoms with Crippen molar-refractivity contribution in [3.63, 3.8) is 0 Å². The molecule has 7 nitrogen and oxygen atoms in total. The van der Waals surface area contributed by atoms with Gasteiger partial charge in [-0.3, -0.25) is 0 Å². The van der Waals surface area contributed by atoms with Gasteiger partial charge in [0.15, 0.2) is 15.5 Å². The average Bonchev–Trinajstić information content (AvgIpc) is 3.13. The third-order valence-electron chi connectivity index (χ3n) is 4.01. The molecule has 0 radical (unpaired) electrons. The number of hydrogen-bond acceptors (Lipinski definition) is 6. The van der Waals surface area contributed by atoms with Crippen molar-refractivity contribution in [1.82, 2.24) is 9.78 Å². The molecule has 0 aliphatic carbocycles. The average molecular weight is 395 g/mol. The summed E-state index contributed by atoms with van der Waals surface area (Å²) in [5, 5.41) is 13.3. The zero-order chi connectivity index (χ0) is 20.3. The van der Waals surface area contributed by atoms with Crippen LogP contribution in [0.3, 0.4) is 0 Å². The number of rotatable bonds is 5. The fourth-order valence-corrected chi connectivity index (χ4v) is 3.27. The molecule has 3 aromatic rings.